The van der Waals surface area contributed by atoms with Crippen LogP contribution in [0.4, 0.5) is 25.4 Å². The molecule has 1 saturated carbocycles. The summed E-state index contributed by atoms with van der Waals surface area (Å²) < 4.78 is 31.8. The van der Waals surface area contributed by atoms with Crippen molar-refractivity contribution >= 4 is 23.6 Å². The molecule has 5 aliphatic heterocycles. The van der Waals surface area contributed by atoms with E-state index in [4.69, 9.17) is 14.2 Å². The fraction of sp³-hybridized carbons (Fsp3) is 0.652. The van der Waals surface area contributed by atoms with Gasteiger partial charge in [0.05, 0.1) is 30.6 Å². The Kier molecular flexibility index (Phi) is 4.89. The number of piperidine rings is 2. The minimum absolute atomic E-state index is 0.152. The fourth-order valence-electron chi connectivity index (χ4n) is 6.13. The van der Waals surface area contributed by atoms with Crippen molar-refractivity contribution in [2.45, 2.75) is 63.0 Å². The highest BCUT2D eigenvalue weighted by Crippen LogP contribution is 2.45. The first-order chi connectivity index (χ1) is 15.5. The molecule has 6 aliphatic rings. The Hall–Kier alpha value is -2.55. The van der Waals surface area contributed by atoms with E-state index in [0.717, 1.165) is 38.5 Å². The highest BCUT2D eigenvalue weighted by molar-refractivity contribution is 5.89. The van der Waals surface area contributed by atoms with E-state index >= 15 is 0 Å². The molecule has 0 spiro atoms. The minimum atomic E-state index is -0.453. The molecule has 7 rings (SSSR count). The van der Waals surface area contributed by atoms with Crippen molar-refractivity contribution in [2.75, 3.05) is 36.0 Å². The van der Waals surface area contributed by atoms with Gasteiger partial charge in [0.15, 0.2) is 0 Å². The lowest BCUT2D eigenvalue weighted by molar-refractivity contribution is -0.220. The van der Waals surface area contributed by atoms with E-state index in [1.54, 1.807) is 12.1 Å². The van der Waals surface area contributed by atoms with E-state index in [0.29, 0.717) is 49.6 Å². The van der Waals surface area contributed by atoms with Gasteiger partial charge in [0.2, 0.25) is 0 Å². The number of ether oxygens (including phenoxy) is 3. The number of carbonyl (C=O) groups is 2. The van der Waals surface area contributed by atoms with Crippen molar-refractivity contribution in [3.05, 3.63) is 24.0 Å². The van der Waals surface area contributed by atoms with Gasteiger partial charge in [0.1, 0.15) is 24.8 Å². The Morgan fingerprint density at radius 2 is 2.06 bits per heavy atom. The molecule has 5 atom stereocenters. The van der Waals surface area contributed by atoms with Crippen LogP contribution in [-0.2, 0) is 14.2 Å². The number of halogens is 1. The van der Waals surface area contributed by atoms with Gasteiger partial charge in [-0.2, -0.15) is 0 Å². The van der Waals surface area contributed by atoms with Crippen LogP contribution in [-0.4, -0.2) is 67.8 Å². The molecule has 5 unspecified atom stereocenters. The number of amides is 2. The van der Waals surface area contributed by atoms with Gasteiger partial charge in [-0.05, 0) is 62.6 Å². The summed E-state index contributed by atoms with van der Waals surface area (Å²) in [5.41, 5.74) is 0.948. The number of hydrogen-bond acceptors (Lipinski definition) is 6. The Labute approximate surface area is 186 Å². The first kappa shape index (κ1) is 20.1. The van der Waals surface area contributed by atoms with Crippen LogP contribution in [0.2, 0.25) is 0 Å². The van der Waals surface area contributed by atoms with E-state index in [2.05, 4.69) is 0 Å². The molecule has 0 aromatic heterocycles. The number of carbonyl (C=O) groups excluding carboxylic acids is 2. The summed E-state index contributed by atoms with van der Waals surface area (Å²) in [4.78, 5) is 29.9. The first-order valence-electron chi connectivity index (χ1n) is 11.7. The average molecular weight is 445 g/mol. The predicted molar refractivity (Wildman–Crippen MR) is 113 cm³/mol. The van der Waals surface area contributed by atoms with Gasteiger partial charge < -0.3 is 19.1 Å². The smallest absolute Gasteiger partial charge is 0.414 e. The second-order valence-electron chi connectivity index (χ2n) is 9.58. The van der Waals surface area contributed by atoms with Crippen LogP contribution < -0.4 is 9.80 Å². The number of benzene rings is 1. The molecule has 1 aromatic carbocycles. The molecular formula is C23H28FN3O5. The van der Waals surface area contributed by atoms with E-state index in [1.807, 2.05) is 9.80 Å². The standard InChI is InChI=1S/C23H28FN3O5/c24-19-12-15(26-6-7-30-22(26)28)3-4-20(19)25-5-1-2-17(13-25)32-23(29)27-16-8-14-9-18(11-16)31-21(27)10-14/h3-4,12,14,16-18,21H,1-2,5-11,13H2. The molecule has 1 aliphatic carbocycles. The van der Waals surface area contributed by atoms with Crippen LogP contribution in [0, 0.1) is 11.7 Å². The second-order valence-corrected chi connectivity index (χ2v) is 9.58. The van der Waals surface area contributed by atoms with Gasteiger partial charge in [0, 0.05) is 12.6 Å². The Morgan fingerprint density at radius 1 is 1.16 bits per heavy atom. The first-order valence-corrected chi connectivity index (χ1v) is 11.7. The number of cyclic esters (lactones) is 1. The van der Waals surface area contributed by atoms with Gasteiger partial charge in [-0.3, -0.25) is 9.80 Å². The molecular weight excluding hydrogens is 417 g/mol. The van der Waals surface area contributed by atoms with Gasteiger partial charge in [-0.25, -0.2) is 14.0 Å². The summed E-state index contributed by atoms with van der Waals surface area (Å²) in [6, 6.07) is 5.02. The Bertz CT molecular complexity index is 899. The SMILES string of the molecule is O=C1OCCN1c1ccc(N2CCCC(OC(=O)N3C4CC5CC(C4)OC3C5)C2)c(F)c1. The molecule has 0 radical (unpaired) electrons. The monoisotopic (exact) mass is 445 g/mol. The molecule has 1 aromatic rings. The molecule has 32 heavy (non-hydrogen) atoms. The largest absolute Gasteiger partial charge is 0.447 e. The minimum Gasteiger partial charge on any atom is -0.447 e. The summed E-state index contributed by atoms with van der Waals surface area (Å²) in [7, 11) is 0. The summed E-state index contributed by atoms with van der Waals surface area (Å²) in [6.07, 6.45) is 4.65. The van der Waals surface area contributed by atoms with Crippen LogP contribution in [0.15, 0.2) is 18.2 Å². The van der Waals surface area contributed by atoms with Crippen molar-refractivity contribution < 1.29 is 28.2 Å². The van der Waals surface area contributed by atoms with Crippen LogP contribution in [0.1, 0.15) is 38.5 Å². The third-order valence-electron chi connectivity index (χ3n) is 7.53. The van der Waals surface area contributed by atoms with E-state index in [9.17, 15) is 14.0 Å². The lowest BCUT2D eigenvalue weighted by atomic mass is 9.75. The van der Waals surface area contributed by atoms with Crippen molar-refractivity contribution in [3.8, 4) is 0 Å². The maximum atomic E-state index is 14.9. The zero-order valence-electron chi connectivity index (χ0n) is 18.0. The fourth-order valence-corrected chi connectivity index (χ4v) is 6.13. The number of rotatable bonds is 3. The highest BCUT2D eigenvalue weighted by atomic mass is 19.1. The van der Waals surface area contributed by atoms with Crippen molar-refractivity contribution in [1.82, 2.24) is 4.90 Å². The Balaban J connectivity index is 1.11. The molecule has 2 amide bonds. The number of hydrogen-bond donors (Lipinski definition) is 0. The topological polar surface area (TPSA) is 71.6 Å². The van der Waals surface area contributed by atoms with Crippen LogP contribution in [0.25, 0.3) is 0 Å². The predicted octanol–water partition coefficient (Wildman–Crippen LogP) is 3.49. The number of nitrogens with zero attached hydrogens (tertiary/aromatic N) is 3. The maximum Gasteiger partial charge on any atom is 0.414 e. The molecule has 9 heteroatoms. The normalized spacial score (nSPS) is 33.6. The molecule has 8 nitrogen and oxygen atoms in total. The molecule has 5 heterocycles. The van der Waals surface area contributed by atoms with E-state index in [1.165, 1.54) is 11.0 Å². The Morgan fingerprint density at radius 3 is 2.81 bits per heavy atom. The molecule has 4 bridgehead atoms. The van der Waals surface area contributed by atoms with Crippen LogP contribution >= 0.6 is 0 Å². The molecule has 6 fully saturated rings. The number of anilines is 2. The van der Waals surface area contributed by atoms with Gasteiger partial charge >= 0.3 is 12.2 Å². The molecule has 5 saturated heterocycles. The van der Waals surface area contributed by atoms with Gasteiger partial charge in [-0.15, -0.1) is 0 Å². The van der Waals surface area contributed by atoms with Crippen LogP contribution in [0.3, 0.4) is 0 Å². The third kappa shape index (κ3) is 3.46. The van der Waals surface area contributed by atoms with E-state index < -0.39 is 11.9 Å². The third-order valence-corrected chi connectivity index (χ3v) is 7.53. The van der Waals surface area contributed by atoms with Crippen molar-refractivity contribution in [1.29, 1.82) is 0 Å². The summed E-state index contributed by atoms with van der Waals surface area (Å²) in [6.45, 7) is 1.87. The highest BCUT2D eigenvalue weighted by Gasteiger charge is 2.50. The summed E-state index contributed by atoms with van der Waals surface area (Å²) >= 11 is 0. The van der Waals surface area contributed by atoms with Crippen molar-refractivity contribution in [2.24, 2.45) is 5.92 Å². The average Bonchev–Trinajstić information content (AvgIpc) is 3.19. The molecule has 0 N–H and O–H groups in total. The van der Waals surface area contributed by atoms with Crippen LogP contribution in [0.5, 0.6) is 0 Å². The zero-order valence-corrected chi connectivity index (χ0v) is 18.0. The van der Waals surface area contributed by atoms with Crippen molar-refractivity contribution in [3.63, 3.8) is 0 Å². The van der Waals surface area contributed by atoms with Gasteiger partial charge in [-0.1, -0.05) is 0 Å². The zero-order chi connectivity index (χ0) is 21.8. The summed E-state index contributed by atoms with van der Waals surface area (Å²) in [5, 5.41) is 0. The molecule has 172 valence electrons. The maximum absolute atomic E-state index is 14.9. The quantitative estimate of drug-likeness (QED) is 0.709. The lowest BCUT2D eigenvalue weighted by Crippen LogP contribution is -2.63. The van der Waals surface area contributed by atoms with E-state index in [-0.39, 0.29) is 24.5 Å². The van der Waals surface area contributed by atoms with Gasteiger partial charge in [0.25, 0.3) is 0 Å². The second kappa shape index (κ2) is 7.79. The summed E-state index contributed by atoms with van der Waals surface area (Å²) in [5.74, 6) is 0.271. The lowest BCUT2D eigenvalue weighted by Gasteiger charge is -2.55.